The Balaban J connectivity index is 0.000000188. The highest BCUT2D eigenvalue weighted by molar-refractivity contribution is 6.04. The van der Waals surface area contributed by atoms with E-state index in [0.29, 0.717) is 28.1 Å². The van der Waals surface area contributed by atoms with E-state index in [4.69, 9.17) is 0 Å². The summed E-state index contributed by atoms with van der Waals surface area (Å²) in [5.74, 6) is -0.806. The highest BCUT2D eigenvalue weighted by Crippen LogP contribution is 2.27. The molecule has 2 aromatic carbocycles. The number of nitrogens with zero attached hydrogens (tertiary/aromatic N) is 5. The number of amides is 1. The van der Waals surface area contributed by atoms with Crippen LogP contribution in [0.2, 0.25) is 0 Å². The Bertz CT molecular complexity index is 2710. The Kier molecular flexibility index (Phi) is 9.84. The molecule has 0 unspecified atom stereocenters. The Hall–Kier alpha value is -6.75. The van der Waals surface area contributed by atoms with Gasteiger partial charge in [0, 0.05) is 71.5 Å². The molecule has 0 spiro atoms. The first-order valence-electron chi connectivity index (χ1n) is 16.8. The molecule has 7 rings (SSSR count). The second-order valence-electron chi connectivity index (χ2n) is 13.2. The molecular weight excluding hydrogens is 668 g/mol. The summed E-state index contributed by atoms with van der Waals surface area (Å²) in [6.45, 7) is 9.49. The van der Waals surface area contributed by atoms with Gasteiger partial charge in [-0.05, 0) is 117 Å². The summed E-state index contributed by atoms with van der Waals surface area (Å²) in [7, 11) is 3.46. The van der Waals surface area contributed by atoms with Gasteiger partial charge >= 0.3 is 5.97 Å². The summed E-state index contributed by atoms with van der Waals surface area (Å²) in [4.78, 5) is 62.6. The molecule has 0 saturated heterocycles. The molecule has 0 atom stereocenters. The van der Waals surface area contributed by atoms with Gasteiger partial charge in [0.25, 0.3) is 17.0 Å². The van der Waals surface area contributed by atoms with E-state index in [2.05, 4.69) is 20.3 Å². The number of aryl methyl sites for hydroxylation is 7. The zero-order valence-corrected chi connectivity index (χ0v) is 30.5. The standard InChI is InChI=1S/C24H22N4O2.C18H16N2O3/c1-14-5-8-22(26-12-14)27-23(29)17-7-6-15(2)19(10-17)20-11-18-13-25-16(3)9-21(18)28(4)24(20)30;1-10-4-5-12(18(22)23)7-14(10)15-8-13-9-19-11(2)6-16(13)20(3)17(15)21/h5-13H,1-4H3,(H,26,27,29);4-9H,1-3H3,(H,22,23). The lowest BCUT2D eigenvalue weighted by Gasteiger charge is -2.13. The van der Waals surface area contributed by atoms with Gasteiger partial charge in [-0.2, -0.15) is 0 Å². The molecule has 5 aromatic heterocycles. The van der Waals surface area contributed by atoms with Gasteiger partial charge < -0.3 is 19.6 Å². The van der Waals surface area contributed by atoms with Crippen LogP contribution in [0.25, 0.3) is 44.1 Å². The summed E-state index contributed by atoms with van der Waals surface area (Å²) in [5, 5.41) is 13.7. The van der Waals surface area contributed by atoms with Crippen molar-refractivity contribution >= 4 is 39.5 Å². The first kappa shape index (κ1) is 36.1. The van der Waals surface area contributed by atoms with Gasteiger partial charge in [0.05, 0.1) is 16.6 Å². The molecule has 7 aromatic rings. The number of hydrogen-bond acceptors (Lipinski definition) is 7. The Labute approximate surface area is 305 Å². The quantitative estimate of drug-likeness (QED) is 0.193. The summed E-state index contributed by atoms with van der Waals surface area (Å²) in [6.07, 6.45) is 5.19. The minimum Gasteiger partial charge on any atom is -0.478 e. The van der Waals surface area contributed by atoms with Crippen molar-refractivity contribution in [1.29, 1.82) is 0 Å². The van der Waals surface area contributed by atoms with Crippen LogP contribution in [0.3, 0.4) is 0 Å². The maximum atomic E-state index is 13.1. The van der Waals surface area contributed by atoms with Crippen molar-refractivity contribution in [3.8, 4) is 22.3 Å². The van der Waals surface area contributed by atoms with Crippen LogP contribution >= 0.6 is 0 Å². The molecule has 1 amide bonds. The zero-order chi connectivity index (χ0) is 38.1. The highest BCUT2D eigenvalue weighted by Gasteiger charge is 2.16. The van der Waals surface area contributed by atoms with E-state index in [0.717, 1.165) is 55.4 Å². The number of rotatable bonds is 5. The van der Waals surface area contributed by atoms with Crippen LogP contribution in [0.4, 0.5) is 5.82 Å². The number of carboxylic acid groups (broad SMARTS) is 1. The van der Waals surface area contributed by atoms with Crippen molar-refractivity contribution in [3.05, 3.63) is 151 Å². The Morgan fingerprint density at radius 2 is 1.08 bits per heavy atom. The molecule has 0 aliphatic heterocycles. The molecule has 11 nitrogen and oxygen atoms in total. The van der Waals surface area contributed by atoms with Gasteiger partial charge in [0.15, 0.2) is 0 Å². The van der Waals surface area contributed by atoms with Crippen molar-refractivity contribution in [2.24, 2.45) is 14.1 Å². The number of carboxylic acids is 1. The van der Waals surface area contributed by atoms with E-state index in [1.165, 1.54) is 6.07 Å². The van der Waals surface area contributed by atoms with E-state index in [1.54, 1.807) is 78.2 Å². The number of aromatic nitrogens is 5. The van der Waals surface area contributed by atoms with Gasteiger partial charge in [-0.3, -0.25) is 24.4 Å². The lowest BCUT2D eigenvalue weighted by atomic mass is 9.97. The molecule has 2 N–H and O–H groups in total. The molecule has 0 radical (unpaired) electrons. The molecule has 0 bridgehead atoms. The van der Waals surface area contributed by atoms with E-state index in [9.17, 15) is 24.3 Å². The van der Waals surface area contributed by atoms with Crippen LogP contribution in [0.15, 0.2) is 101 Å². The molecule has 0 aliphatic rings. The van der Waals surface area contributed by atoms with E-state index in [-0.39, 0.29) is 22.6 Å². The Morgan fingerprint density at radius 3 is 1.55 bits per heavy atom. The van der Waals surface area contributed by atoms with E-state index >= 15 is 0 Å². The zero-order valence-electron chi connectivity index (χ0n) is 30.5. The number of anilines is 1. The first-order valence-corrected chi connectivity index (χ1v) is 16.8. The number of pyridine rings is 5. The summed E-state index contributed by atoms with van der Waals surface area (Å²) in [6, 6.07) is 21.2. The topological polar surface area (TPSA) is 149 Å². The smallest absolute Gasteiger partial charge is 0.335 e. The number of aromatic carboxylic acids is 1. The van der Waals surface area contributed by atoms with Crippen LogP contribution in [-0.4, -0.2) is 41.1 Å². The summed E-state index contributed by atoms with van der Waals surface area (Å²) in [5.41, 5.74) is 8.82. The highest BCUT2D eigenvalue weighted by atomic mass is 16.4. The van der Waals surface area contributed by atoms with Gasteiger partial charge in [-0.15, -0.1) is 0 Å². The predicted molar refractivity (Wildman–Crippen MR) is 208 cm³/mol. The average Bonchev–Trinajstić information content (AvgIpc) is 3.13. The normalized spacial score (nSPS) is 10.9. The SMILES string of the molecule is Cc1cc2c(cn1)cc(-c1cc(C(=O)O)ccc1C)c(=O)n2C.Cc1ccc(NC(=O)c2ccc(C)c(-c3cc4cnc(C)cc4n(C)c3=O)c2)nc1. The molecule has 0 fully saturated rings. The first-order chi connectivity index (χ1) is 25.2. The van der Waals surface area contributed by atoms with Crippen molar-refractivity contribution in [1.82, 2.24) is 24.1 Å². The number of nitrogens with one attached hydrogen (secondary N) is 1. The molecule has 11 heteroatoms. The third kappa shape index (κ3) is 7.36. The summed E-state index contributed by atoms with van der Waals surface area (Å²) < 4.78 is 3.20. The van der Waals surface area contributed by atoms with Gasteiger partial charge in [-0.1, -0.05) is 18.2 Å². The van der Waals surface area contributed by atoms with Crippen molar-refractivity contribution in [2.75, 3.05) is 5.32 Å². The fraction of sp³-hybridized carbons (Fsp3) is 0.167. The minimum atomic E-state index is -1.01. The van der Waals surface area contributed by atoms with E-state index < -0.39 is 5.97 Å². The second kappa shape index (κ2) is 14.5. The summed E-state index contributed by atoms with van der Waals surface area (Å²) >= 11 is 0. The Morgan fingerprint density at radius 1 is 0.585 bits per heavy atom. The number of carbonyl (C=O) groups is 2. The second-order valence-corrected chi connectivity index (χ2v) is 13.2. The van der Waals surface area contributed by atoms with Gasteiger partial charge in [0.2, 0.25) is 0 Å². The number of carbonyl (C=O) groups excluding carboxylic acids is 1. The molecule has 266 valence electrons. The van der Waals surface area contributed by atoms with E-state index in [1.807, 2.05) is 65.0 Å². The molecule has 0 aliphatic carbocycles. The number of fused-ring (bicyclic) bond motifs is 2. The van der Waals surface area contributed by atoms with Crippen LogP contribution in [0.5, 0.6) is 0 Å². The number of hydrogen-bond donors (Lipinski definition) is 2. The molecular formula is C42H38N6O5. The fourth-order valence-electron chi connectivity index (χ4n) is 6.14. The molecule has 5 heterocycles. The third-order valence-electron chi connectivity index (χ3n) is 9.21. The van der Waals surface area contributed by atoms with Crippen molar-refractivity contribution < 1.29 is 14.7 Å². The molecule has 53 heavy (non-hydrogen) atoms. The van der Waals surface area contributed by atoms with Crippen LogP contribution < -0.4 is 16.4 Å². The predicted octanol–water partition coefficient (Wildman–Crippen LogP) is 7.09. The minimum absolute atomic E-state index is 0.117. The maximum Gasteiger partial charge on any atom is 0.335 e. The lowest BCUT2D eigenvalue weighted by molar-refractivity contribution is 0.0696. The average molecular weight is 707 g/mol. The number of benzene rings is 2. The van der Waals surface area contributed by atoms with Crippen molar-refractivity contribution in [2.45, 2.75) is 34.6 Å². The molecule has 0 saturated carbocycles. The van der Waals surface area contributed by atoms with Crippen LogP contribution in [-0.2, 0) is 14.1 Å². The fourth-order valence-corrected chi connectivity index (χ4v) is 6.14. The maximum absolute atomic E-state index is 13.1. The lowest BCUT2D eigenvalue weighted by Crippen LogP contribution is -2.20. The monoisotopic (exact) mass is 706 g/mol. The van der Waals surface area contributed by atoms with Gasteiger partial charge in [-0.25, -0.2) is 9.78 Å². The third-order valence-corrected chi connectivity index (χ3v) is 9.21. The van der Waals surface area contributed by atoms with Gasteiger partial charge in [0.1, 0.15) is 5.82 Å². The van der Waals surface area contributed by atoms with Crippen LogP contribution in [0, 0.1) is 34.6 Å². The van der Waals surface area contributed by atoms with Crippen LogP contribution in [0.1, 0.15) is 48.8 Å². The largest absolute Gasteiger partial charge is 0.478 e. The van der Waals surface area contributed by atoms with Crippen molar-refractivity contribution in [3.63, 3.8) is 0 Å².